The summed E-state index contributed by atoms with van der Waals surface area (Å²) in [6, 6.07) is 0. The first-order valence-electron chi connectivity index (χ1n) is 9.90. The molecule has 0 fully saturated rings. The fraction of sp³-hybridized carbons (Fsp3) is 0.500. The minimum absolute atomic E-state index is 0.437. The third-order valence-corrected chi connectivity index (χ3v) is 7.63. The Morgan fingerprint density at radius 3 is 2.75 bits per heavy atom. The van der Waals surface area contributed by atoms with Crippen LogP contribution in [0.25, 0.3) is 11.0 Å². The van der Waals surface area contributed by atoms with E-state index in [-0.39, 0.29) is 0 Å². The van der Waals surface area contributed by atoms with Gasteiger partial charge in [0, 0.05) is 12.2 Å². The lowest BCUT2D eigenvalue weighted by atomic mass is 9.93. The van der Waals surface area contributed by atoms with Crippen molar-refractivity contribution < 1.29 is 8.42 Å². The molecule has 1 atom stereocenters. The van der Waals surface area contributed by atoms with Gasteiger partial charge in [0.25, 0.3) is 0 Å². The van der Waals surface area contributed by atoms with Gasteiger partial charge in [-0.1, -0.05) is 24.3 Å². The van der Waals surface area contributed by atoms with Crippen molar-refractivity contribution in [1.29, 1.82) is 0 Å². The second-order valence-electron chi connectivity index (χ2n) is 7.82. The maximum Gasteiger partial charge on any atom is 0.218 e. The number of sulfonamides is 1. The molecule has 2 heterocycles. The molecule has 28 heavy (non-hydrogen) atoms. The van der Waals surface area contributed by atoms with Gasteiger partial charge in [0.05, 0.1) is 11.8 Å². The molecule has 1 unspecified atom stereocenters. The number of hydrogen-bond donors (Lipinski definition) is 2. The first-order chi connectivity index (χ1) is 13.4. The first-order valence-corrected chi connectivity index (χ1v) is 11.4. The van der Waals surface area contributed by atoms with Crippen LogP contribution in [0.1, 0.15) is 49.8 Å². The topological polar surface area (TPSA) is 117 Å². The molecular weight excluding hydrogens is 374 g/mol. The van der Waals surface area contributed by atoms with Gasteiger partial charge >= 0.3 is 0 Å². The van der Waals surface area contributed by atoms with E-state index >= 15 is 0 Å². The largest absolute Gasteiger partial charge is 0.382 e. The van der Waals surface area contributed by atoms with Crippen molar-refractivity contribution in [1.82, 2.24) is 14.5 Å². The van der Waals surface area contributed by atoms with Crippen LogP contribution in [-0.4, -0.2) is 27.7 Å². The lowest BCUT2D eigenvalue weighted by molar-refractivity contribution is 0.501. The van der Waals surface area contributed by atoms with E-state index in [9.17, 15) is 8.42 Å². The van der Waals surface area contributed by atoms with Crippen molar-refractivity contribution in [3.8, 4) is 0 Å². The van der Waals surface area contributed by atoms with Crippen molar-refractivity contribution in [3.63, 3.8) is 0 Å². The number of aromatic nitrogens is 3. The van der Waals surface area contributed by atoms with E-state index in [0.717, 1.165) is 61.8 Å². The van der Waals surface area contributed by atoms with E-state index in [0.29, 0.717) is 18.7 Å². The Labute approximate surface area is 165 Å². The van der Waals surface area contributed by atoms with Crippen molar-refractivity contribution in [3.05, 3.63) is 41.9 Å². The zero-order valence-electron chi connectivity index (χ0n) is 16.0. The Hall–Kier alpha value is -2.19. The van der Waals surface area contributed by atoms with Crippen LogP contribution in [0, 0.1) is 0 Å². The number of nitrogen functional groups attached to an aromatic ring is 1. The maximum absolute atomic E-state index is 12.2. The number of rotatable bonds is 6. The number of allylic oxidation sites excluding steroid dienone is 3. The first kappa shape index (κ1) is 19.1. The summed E-state index contributed by atoms with van der Waals surface area (Å²) < 4.78 is 25.5. The summed E-state index contributed by atoms with van der Waals surface area (Å²) in [4.78, 5) is 9.04. The van der Waals surface area contributed by atoms with Gasteiger partial charge in [0.2, 0.25) is 10.0 Å². The van der Waals surface area contributed by atoms with Crippen LogP contribution in [0.2, 0.25) is 0 Å². The monoisotopic (exact) mass is 401 g/mol. The zero-order valence-corrected chi connectivity index (χ0v) is 16.8. The molecule has 0 aliphatic heterocycles. The average Bonchev–Trinajstić information content (AvgIpc) is 3.10. The molecule has 0 amide bonds. The van der Waals surface area contributed by atoms with E-state index in [1.54, 1.807) is 12.2 Å². The second kappa shape index (κ2) is 7.33. The third kappa shape index (κ3) is 3.35. The van der Waals surface area contributed by atoms with Crippen molar-refractivity contribution >= 4 is 26.9 Å². The predicted octanol–water partition coefficient (Wildman–Crippen LogP) is 2.61. The Morgan fingerprint density at radius 1 is 1.18 bits per heavy atom. The van der Waals surface area contributed by atoms with Gasteiger partial charge < -0.3 is 10.3 Å². The highest BCUT2D eigenvalue weighted by Gasteiger charge is 2.38. The quantitative estimate of drug-likeness (QED) is 0.722. The van der Waals surface area contributed by atoms with Crippen molar-refractivity contribution in [2.75, 3.05) is 5.73 Å². The van der Waals surface area contributed by atoms with Crippen LogP contribution in [0.3, 0.4) is 0 Å². The molecule has 2 aliphatic carbocycles. The summed E-state index contributed by atoms with van der Waals surface area (Å²) in [7, 11) is -3.66. The summed E-state index contributed by atoms with van der Waals surface area (Å²) in [5.41, 5.74) is 10.4. The fourth-order valence-corrected chi connectivity index (χ4v) is 5.44. The van der Waals surface area contributed by atoms with Gasteiger partial charge in [0.1, 0.15) is 10.3 Å². The van der Waals surface area contributed by atoms with Gasteiger partial charge in [-0.3, -0.25) is 0 Å². The van der Waals surface area contributed by atoms with Gasteiger partial charge in [-0.2, -0.15) is 0 Å². The van der Waals surface area contributed by atoms with Gasteiger partial charge in [-0.15, -0.1) is 0 Å². The van der Waals surface area contributed by atoms with Gasteiger partial charge in [-0.25, -0.2) is 23.5 Å². The van der Waals surface area contributed by atoms with E-state index < -0.39 is 14.8 Å². The summed E-state index contributed by atoms with van der Waals surface area (Å²) in [5.74, 6) is 0.502. The summed E-state index contributed by atoms with van der Waals surface area (Å²) in [6.45, 7) is 0.770. The molecule has 7 nitrogen and oxygen atoms in total. The van der Waals surface area contributed by atoms with Crippen LogP contribution >= 0.6 is 0 Å². The number of nitrogens with zero attached hydrogens (tertiary/aromatic N) is 3. The van der Waals surface area contributed by atoms with E-state index in [4.69, 9.17) is 10.9 Å². The molecule has 0 saturated carbocycles. The molecule has 0 saturated heterocycles. The Morgan fingerprint density at radius 2 is 2.00 bits per heavy atom. The van der Waals surface area contributed by atoms with E-state index in [2.05, 4.69) is 14.5 Å². The molecule has 2 aliphatic rings. The molecule has 8 heteroatoms. The van der Waals surface area contributed by atoms with Crippen LogP contribution in [0.5, 0.6) is 0 Å². The number of aryl methyl sites for hydroxylation is 3. The summed E-state index contributed by atoms with van der Waals surface area (Å²) in [6.07, 6.45) is 15.9. The molecule has 0 bridgehead atoms. The number of pyridine rings is 1. The molecular formula is C20H27N5O2S. The standard InChI is InChI=1S/C20H27N5O2S/c21-19-17-18(15-8-2-3-9-16(15)24-19)25(14-23-17)13-7-6-12-20(28(22,26)27)10-4-1-5-11-20/h1,4-5,10,14H,2-3,6-9,11-13H2,(H2,21,24)(H2,22,26,27). The Kier molecular flexibility index (Phi) is 5.01. The summed E-state index contributed by atoms with van der Waals surface area (Å²) in [5, 5.41) is 5.54. The normalized spacial score (nSPS) is 21.9. The maximum atomic E-state index is 12.2. The van der Waals surface area contributed by atoms with Crippen LogP contribution < -0.4 is 10.9 Å². The van der Waals surface area contributed by atoms with Crippen molar-refractivity contribution in [2.24, 2.45) is 5.14 Å². The molecule has 0 radical (unpaired) electrons. The highest BCUT2D eigenvalue weighted by Crippen LogP contribution is 2.32. The number of imidazole rings is 1. The van der Waals surface area contributed by atoms with Crippen LogP contribution in [-0.2, 0) is 29.4 Å². The molecule has 4 N–H and O–H groups in total. The highest BCUT2D eigenvalue weighted by atomic mass is 32.2. The Balaban J connectivity index is 1.50. The number of unbranched alkanes of at least 4 members (excludes halogenated alkanes) is 1. The molecule has 150 valence electrons. The number of primary sulfonamides is 1. The van der Waals surface area contributed by atoms with Crippen molar-refractivity contribution in [2.45, 2.75) is 62.7 Å². The van der Waals surface area contributed by atoms with Gasteiger partial charge in [0.15, 0.2) is 5.82 Å². The van der Waals surface area contributed by atoms with Crippen LogP contribution in [0.4, 0.5) is 5.82 Å². The number of hydrogen-bond acceptors (Lipinski definition) is 5. The lowest BCUT2D eigenvalue weighted by Crippen LogP contribution is -2.42. The zero-order chi connectivity index (χ0) is 19.8. The fourth-order valence-electron chi connectivity index (χ4n) is 4.41. The average molecular weight is 402 g/mol. The highest BCUT2D eigenvalue weighted by molar-refractivity contribution is 7.90. The Bertz CT molecular complexity index is 1050. The lowest BCUT2D eigenvalue weighted by Gasteiger charge is -2.28. The predicted molar refractivity (Wildman–Crippen MR) is 111 cm³/mol. The van der Waals surface area contributed by atoms with Crippen LogP contribution in [0.15, 0.2) is 30.6 Å². The molecule has 2 aromatic heterocycles. The second-order valence-corrected chi connectivity index (χ2v) is 9.73. The number of fused-ring (bicyclic) bond motifs is 3. The molecule has 0 aromatic carbocycles. The van der Waals surface area contributed by atoms with E-state index in [1.165, 1.54) is 5.56 Å². The summed E-state index contributed by atoms with van der Waals surface area (Å²) >= 11 is 0. The molecule has 2 aromatic rings. The minimum atomic E-state index is -3.66. The minimum Gasteiger partial charge on any atom is -0.382 e. The van der Waals surface area contributed by atoms with Gasteiger partial charge in [-0.05, 0) is 56.9 Å². The smallest absolute Gasteiger partial charge is 0.218 e. The number of nitrogens with two attached hydrogens (primary N) is 2. The third-order valence-electron chi connectivity index (χ3n) is 5.99. The molecule has 4 rings (SSSR count). The number of anilines is 1. The molecule has 0 spiro atoms. The SMILES string of the molecule is Nc1nc2c(c3c1ncn3CCCCC1(S(N)(=O)=O)C=CC=CC1)CCCC2. The van der Waals surface area contributed by atoms with E-state index in [1.807, 2.05) is 18.5 Å².